The maximum absolute atomic E-state index is 12.0. The van der Waals surface area contributed by atoms with E-state index in [4.69, 9.17) is 9.47 Å². The Balaban J connectivity index is 1.76. The van der Waals surface area contributed by atoms with E-state index in [1.54, 1.807) is 20.3 Å². The Morgan fingerprint density at radius 2 is 2.09 bits per heavy atom. The van der Waals surface area contributed by atoms with E-state index in [2.05, 4.69) is 20.5 Å². The van der Waals surface area contributed by atoms with Gasteiger partial charge in [0.1, 0.15) is 5.82 Å². The van der Waals surface area contributed by atoms with Crippen LogP contribution in [-0.4, -0.2) is 47.6 Å². The summed E-state index contributed by atoms with van der Waals surface area (Å²) in [5.74, 6) is 2.73. The van der Waals surface area contributed by atoms with Gasteiger partial charge in [-0.1, -0.05) is 17.8 Å². The lowest BCUT2D eigenvalue weighted by molar-refractivity contribution is -0.120. The molecule has 0 aliphatic heterocycles. The molecule has 0 aliphatic rings. The van der Waals surface area contributed by atoms with Gasteiger partial charge in [-0.3, -0.25) is 9.89 Å². The Hall–Kier alpha value is -2.22. The van der Waals surface area contributed by atoms with Crippen molar-refractivity contribution in [2.24, 2.45) is 0 Å². The summed E-state index contributed by atoms with van der Waals surface area (Å²) in [4.78, 5) is 16.1. The number of benzene rings is 1. The number of aromatic nitrogens is 3. The molecule has 1 aromatic carbocycles. The monoisotopic (exact) mass is 336 g/mol. The number of hydrogen-bond acceptors (Lipinski definition) is 6. The zero-order chi connectivity index (χ0) is 16.7. The van der Waals surface area contributed by atoms with Crippen molar-refractivity contribution in [2.75, 3.05) is 26.5 Å². The first-order valence-electron chi connectivity index (χ1n) is 7.11. The predicted octanol–water partition coefficient (Wildman–Crippen LogP) is 1.58. The molecule has 1 amide bonds. The van der Waals surface area contributed by atoms with Gasteiger partial charge < -0.3 is 14.8 Å². The van der Waals surface area contributed by atoms with Crippen LogP contribution in [0.5, 0.6) is 11.5 Å². The second-order valence-corrected chi connectivity index (χ2v) is 5.83. The van der Waals surface area contributed by atoms with Gasteiger partial charge in [0.15, 0.2) is 11.5 Å². The van der Waals surface area contributed by atoms with E-state index >= 15 is 0 Å². The van der Waals surface area contributed by atoms with E-state index in [0.29, 0.717) is 29.6 Å². The van der Waals surface area contributed by atoms with Crippen molar-refractivity contribution in [3.63, 3.8) is 0 Å². The molecule has 0 spiro atoms. The lowest BCUT2D eigenvalue weighted by Crippen LogP contribution is -2.27. The van der Waals surface area contributed by atoms with E-state index in [-0.39, 0.29) is 5.91 Å². The van der Waals surface area contributed by atoms with Crippen molar-refractivity contribution in [3.05, 3.63) is 29.6 Å². The van der Waals surface area contributed by atoms with Gasteiger partial charge in [0, 0.05) is 12.3 Å². The molecule has 0 saturated carbocycles. The number of thioether (sulfide) groups is 1. The fourth-order valence-corrected chi connectivity index (χ4v) is 2.66. The van der Waals surface area contributed by atoms with Crippen LogP contribution < -0.4 is 14.8 Å². The van der Waals surface area contributed by atoms with Crippen LogP contribution in [-0.2, 0) is 11.2 Å². The number of carbonyl (C=O) groups is 1. The quantitative estimate of drug-likeness (QED) is 0.562. The molecule has 0 unspecified atom stereocenters. The fraction of sp³-hybridized carbons (Fsp3) is 0.400. The molecule has 2 rings (SSSR count). The highest BCUT2D eigenvalue weighted by molar-refractivity contribution is 7.99. The summed E-state index contributed by atoms with van der Waals surface area (Å²) in [7, 11) is 3.15. The average Bonchev–Trinajstić information content (AvgIpc) is 2.97. The summed E-state index contributed by atoms with van der Waals surface area (Å²) in [6.07, 6.45) is 0.296. The van der Waals surface area contributed by atoms with Gasteiger partial charge in [0.05, 0.1) is 20.6 Å². The highest BCUT2D eigenvalue weighted by atomic mass is 32.2. The average molecular weight is 336 g/mol. The molecule has 23 heavy (non-hydrogen) atoms. The summed E-state index contributed by atoms with van der Waals surface area (Å²) in [6.45, 7) is 2.41. The second kappa shape index (κ2) is 8.42. The smallest absolute Gasteiger partial charge is 0.224 e. The Bertz CT molecular complexity index is 660. The number of amides is 1. The molecule has 0 aliphatic carbocycles. The highest BCUT2D eigenvalue weighted by Gasteiger charge is 2.08. The summed E-state index contributed by atoms with van der Waals surface area (Å²) in [6, 6.07) is 5.46. The van der Waals surface area contributed by atoms with Crippen LogP contribution in [0, 0.1) is 6.92 Å². The van der Waals surface area contributed by atoms with Gasteiger partial charge in [-0.05, 0) is 24.6 Å². The number of aromatic amines is 1. The minimum atomic E-state index is -0.0380. The predicted molar refractivity (Wildman–Crippen MR) is 88.1 cm³/mol. The van der Waals surface area contributed by atoms with Crippen LogP contribution in [0.3, 0.4) is 0 Å². The first kappa shape index (κ1) is 17.1. The summed E-state index contributed by atoms with van der Waals surface area (Å²) >= 11 is 1.50. The molecule has 0 radical (unpaired) electrons. The van der Waals surface area contributed by atoms with Crippen molar-refractivity contribution >= 4 is 17.7 Å². The first-order valence-corrected chi connectivity index (χ1v) is 8.10. The normalized spacial score (nSPS) is 10.4. The topological polar surface area (TPSA) is 89.1 Å². The minimum absolute atomic E-state index is 0.0380. The summed E-state index contributed by atoms with van der Waals surface area (Å²) in [5, 5.41) is 10.4. The van der Waals surface area contributed by atoms with Crippen LogP contribution in [0.1, 0.15) is 11.4 Å². The largest absolute Gasteiger partial charge is 0.493 e. The standard InChI is InChI=1S/C15H20N4O3S/c1-10-17-15(19-18-10)23-7-6-16-14(20)9-11-4-5-12(21-2)13(8-11)22-3/h4-5,8H,6-7,9H2,1-3H3,(H,16,20)(H,17,18,19). The number of nitrogens with zero attached hydrogens (tertiary/aromatic N) is 2. The molecule has 124 valence electrons. The number of hydrogen-bond donors (Lipinski definition) is 2. The van der Waals surface area contributed by atoms with Crippen LogP contribution in [0.4, 0.5) is 0 Å². The zero-order valence-electron chi connectivity index (χ0n) is 13.4. The highest BCUT2D eigenvalue weighted by Crippen LogP contribution is 2.27. The van der Waals surface area contributed by atoms with E-state index in [1.807, 2.05) is 19.1 Å². The molecule has 0 bridgehead atoms. The fourth-order valence-electron chi connectivity index (χ4n) is 1.96. The Morgan fingerprint density at radius 3 is 2.74 bits per heavy atom. The van der Waals surface area contributed by atoms with Crippen LogP contribution >= 0.6 is 11.8 Å². The molecular formula is C15H20N4O3S. The molecule has 2 N–H and O–H groups in total. The van der Waals surface area contributed by atoms with Gasteiger partial charge in [-0.2, -0.15) is 0 Å². The maximum atomic E-state index is 12.0. The molecule has 2 aromatic rings. The van der Waals surface area contributed by atoms with Crippen molar-refractivity contribution < 1.29 is 14.3 Å². The van der Waals surface area contributed by atoms with E-state index in [9.17, 15) is 4.79 Å². The van der Waals surface area contributed by atoms with Crippen molar-refractivity contribution in [2.45, 2.75) is 18.5 Å². The summed E-state index contributed by atoms with van der Waals surface area (Å²) in [5.41, 5.74) is 0.873. The van der Waals surface area contributed by atoms with Crippen molar-refractivity contribution in [3.8, 4) is 11.5 Å². The molecule has 1 heterocycles. The number of carbonyl (C=O) groups excluding carboxylic acids is 1. The van der Waals surface area contributed by atoms with Gasteiger partial charge in [-0.25, -0.2) is 4.98 Å². The van der Waals surface area contributed by atoms with Crippen LogP contribution in [0.2, 0.25) is 0 Å². The Labute approximate surface area is 139 Å². The van der Waals surface area contributed by atoms with E-state index in [1.165, 1.54) is 11.8 Å². The van der Waals surface area contributed by atoms with Crippen LogP contribution in [0.15, 0.2) is 23.4 Å². The molecule has 0 saturated heterocycles. The third kappa shape index (κ3) is 5.17. The molecular weight excluding hydrogens is 316 g/mol. The first-order chi connectivity index (χ1) is 11.1. The Kier molecular flexibility index (Phi) is 6.28. The van der Waals surface area contributed by atoms with Gasteiger partial charge in [0.25, 0.3) is 0 Å². The van der Waals surface area contributed by atoms with E-state index < -0.39 is 0 Å². The van der Waals surface area contributed by atoms with E-state index in [0.717, 1.165) is 17.1 Å². The number of ether oxygens (including phenoxy) is 2. The van der Waals surface area contributed by atoms with Crippen molar-refractivity contribution in [1.29, 1.82) is 0 Å². The SMILES string of the molecule is COc1ccc(CC(=O)NCCSc2n[nH]c(C)n2)cc1OC. The molecule has 8 heteroatoms. The Morgan fingerprint density at radius 1 is 1.30 bits per heavy atom. The molecule has 0 fully saturated rings. The second-order valence-electron chi connectivity index (χ2n) is 4.77. The molecule has 0 atom stereocenters. The molecule has 7 nitrogen and oxygen atoms in total. The third-order valence-electron chi connectivity index (χ3n) is 3.04. The number of methoxy groups -OCH3 is 2. The van der Waals surface area contributed by atoms with Crippen molar-refractivity contribution in [1.82, 2.24) is 20.5 Å². The minimum Gasteiger partial charge on any atom is -0.493 e. The molecule has 1 aromatic heterocycles. The lowest BCUT2D eigenvalue weighted by atomic mass is 10.1. The third-order valence-corrected chi connectivity index (χ3v) is 3.89. The van der Waals surface area contributed by atoms with Gasteiger partial charge in [-0.15, -0.1) is 5.10 Å². The van der Waals surface area contributed by atoms with Gasteiger partial charge >= 0.3 is 0 Å². The number of rotatable bonds is 8. The number of aryl methyl sites for hydroxylation is 1. The number of H-pyrrole nitrogens is 1. The maximum Gasteiger partial charge on any atom is 0.224 e. The van der Waals surface area contributed by atoms with Crippen LogP contribution in [0.25, 0.3) is 0 Å². The lowest BCUT2D eigenvalue weighted by Gasteiger charge is -2.09. The summed E-state index contributed by atoms with van der Waals surface area (Å²) < 4.78 is 10.4. The number of nitrogens with one attached hydrogen (secondary N) is 2. The zero-order valence-corrected chi connectivity index (χ0v) is 14.2. The van der Waals surface area contributed by atoms with Gasteiger partial charge in [0.2, 0.25) is 11.1 Å².